The van der Waals surface area contributed by atoms with Crippen LogP contribution in [0.5, 0.6) is 0 Å². The van der Waals surface area contributed by atoms with Gasteiger partial charge >= 0.3 is 5.69 Å². The second kappa shape index (κ2) is 5.32. The number of hydrogen-bond donors (Lipinski definition) is 1. The van der Waals surface area contributed by atoms with E-state index in [4.69, 9.17) is 10.3 Å². The van der Waals surface area contributed by atoms with Crippen molar-refractivity contribution in [2.45, 2.75) is 31.6 Å². The van der Waals surface area contributed by atoms with Gasteiger partial charge in [0.2, 0.25) is 0 Å². The topological polar surface area (TPSA) is 139 Å². The quantitative estimate of drug-likeness (QED) is 0.295. The first-order valence-corrected chi connectivity index (χ1v) is 6.34. The molecule has 0 saturated carbocycles. The minimum Gasteiger partial charge on any atom is -0.387 e. The van der Waals surface area contributed by atoms with E-state index in [9.17, 15) is 15.2 Å². The van der Waals surface area contributed by atoms with Crippen LogP contribution in [-0.4, -0.2) is 38.1 Å². The lowest BCUT2D eigenvalue weighted by Gasteiger charge is -2.42. The van der Waals surface area contributed by atoms with Crippen molar-refractivity contribution in [1.82, 2.24) is 9.78 Å². The van der Waals surface area contributed by atoms with Crippen molar-refractivity contribution in [3.63, 3.8) is 0 Å². The molecule has 4 atom stereocenters. The smallest absolute Gasteiger partial charge is 0.312 e. The molecule has 0 aromatic carbocycles. The molecule has 1 saturated heterocycles. The first kappa shape index (κ1) is 15.2. The van der Waals surface area contributed by atoms with Crippen LogP contribution >= 0.6 is 0 Å². The predicted octanol–water partition coefficient (Wildman–Crippen LogP) is 1.47. The van der Waals surface area contributed by atoms with Crippen molar-refractivity contribution in [1.29, 1.82) is 0 Å². The van der Waals surface area contributed by atoms with Crippen molar-refractivity contribution < 1.29 is 14.8 Å². The van der Waals surface area contributed by atoms with Crippen LogP contribution in [0.2, 0.25) is 0 Å². The Balaban J connectivity index is 2.44. The van der Waals surface area contributed by atoms with Crippen molar-refractivity contribution in [2.24, 2.45) is 18.1 Å². The number of ether oxygens (including phenoxy) is 1. The molecule has 0 aliphatic carbocycles. The SMILES string of the molecule is CC1C(c2c([N+](=O)[O-])cnn2C)OCC(C)(O)C1N=[N+]=[N-]. The molecule has 0 amide bonds. The molecule has 2 heterocycles. The maximum atomic E-state index is 11.1. The predicted molar refractivity (Wildman–Crippen MR) is 71.3 cm³/mol. The van der Waals surface area contributed by atoms with Gasteiger partial charge in [-0.3, -0.25) is 14.8 Å². The van der Waals surface area contributed by atoms with Gasteiger partial charge in [0.1, 0.15) is 18.0 Å². The molecule has 10 nitrogen and oxygen atoms in total. The van der Waals surface area contributed by atoms with Crippen molar-refractivity contribution >= 4 is 5.69 Å². The average Bonchev–Trinajstić information content (AvgIpc) is 2.77. The number of rotatable bonds is 3. The van der Waals surface area contributed by atoms with Gasteiger partial charge < -0.3 is 9.84 Å². The summed E-state index contributed by atoms with van der Waals surface area (Å²) in [6, 6.07) is -0.754. The third-order valence-electron chi connectivity index (χ3n) is 3.77. The molecule has 2 rings (SSSR count). The van der Waals surface area contributed by atoms with E-state index in [-0.39, 0.29) is 12.3 Å². The Morgan fingerprint density at radius 3 is 3.00 bits per heavy atom. The summed E-state index contributed by atoms with van der Waals surface area (Å²) in [5.41, 5.74) is 7.48. The van der Waals surface area contributed by atoms with E-state index >= 15 is 0 Å². The van der Waals surface area contributed by atoms with Crippen molar-refractivity contribution in [2.75, 3.05) is 6.61 Å². The molecule has 0 spiro atoms. The lowest BCUT2D eigenvalue weighted by molar-refractivity contribution is -0.386. The van der Waals surface area contributed by atoms with Crippen LogP contribution in [0.4, 0.5) is 5.69 Å². The van der Waals surface area contributed by atoms with E-state index in [1.807, 2.05) is 0 Å². The standard InChI is InChI=1S/C11H16N6O4/c1-6-9(8-7(17(19)20)4-13-16(8)3)21-5-11(2,18)10(6)14-15-12/h4,6,9-10,18H,5H2,1-3H3. The Kier molecular flexibility index (Phi) is 3.86. The number of azide groups is 1. The molecule has 21 heavy (non-hydrogen) atoms. The van der Waals surface area contributed by atoms with E-state index in [1.165, 1.54) is 11.6 Å². The Labute approximate surface area is 120 Å². The van der Waals surface area contributed by atoms with E-state index in [0.717, 1.165) is 6.20 Å². The van der Waals surface area contributed by atoms with Crippen LogP contribution < -0.4 is 0 Å². The third-order valence-corrected chi connectivity index (χ3v) is 3.77. The third kappa shape index (κ3) is 2.56. The molecule has 0 radical (unpaired) electrons. The molecule has 10 heteroatoms. The highest BCUT2D eigenvalue weighted by Crippen LogP contribution is 2.41. The molecule has 1 aromatic rings. The van der Waals surface area contributed by atoms with Gasteiger partial charge in [0, 0.05) is 12.0 Å². The maximum Gasteiger partial charge on any atom is 0.312 e. The fraction of sp³-hybridized carbons (Fsp3) is 0.727. The monoisotopic (exact) mass is 296 g/mol. The molecular formula is C11H16N6O4. The van der Waals surface area contributed by atoms with Gasteiger partial charge in [-0.25, -0.2) is 0 Å². The minimum atomic E-state index is -1.32. The number of aryl methyl sites for hydroxylation is 1. The normalized spacial score (nSPS) is 32.5. The summed E-state index contributed by atoms with van der Waals surface area (Å²) in [5, 5.41) is 28.9. The Morgan fingerprint density at radius 1 is 1.76 bits per heavy atom. The number of nitro groups is 1. The van der Waals surface area contributed by atoms with E-state index < -0.39 is 28.6 Å². The summed E-state index contributed by atoms with van der Waals surface area (Å²) in [5.74, 6) is -0.446. The Morgan fingerprint density at radius 2 is 2.43 bits per heavy atom. The highest BCUT2D eigenvalue weighted by Gasteiger charge is 2.47. The van der Waals surface area contributed by atoms with E-state index in [1.54, 1.807) is 14.0 Å². The molecule has 1 N–H and O–H groups in total. The zero-order valence-electron chi connectivity index (χ0n) is 11.9. The highest BCUT2D eigenvalue weighted by molar-refractivity contribution is 5.35. The average molecular weight is 296 g/mol. The largest absolute Gasteiger partial charge is 0.387 e. The fourth-order valence-electron chi connectivity index (χ4n) is 2.75. The summed E-state index contributed by atoms with van der Waals surface area (Å²) in [6.07, 6.45) is 0.467. The molecule has 1 aliphatic rings. The molecule has 1 aliphatic heterocycles. The van der Waals surface area contributed by atoms with Gasteiger partial charge in [0.15, 0.2) is 0 Å². The van der Waals surface area contributed by atoms with E-state index in [0.29, 0.717) is 5.69 Å². The zero-order chi connectivity index (χ0) is 15.8. The highest BCUT2D eigenvalue weighted by atomic mass is 16.6. The molecule has 114 valence electrons. The molecule has 4 unspecified atom stereocenters. The number of aliphatic hydroxyl groups is 1. The maximum absolute atomic E-state index is 11.1. The summed E-state index contributed by atoms with van der Waals surface area (Å²) >= 11 is 0. The van der Waals surface area contributed by atoms with Gasteiger partial charge in [-0.2, -0.15) is 5.10 Å². The van der Waals surface area contributed by atoms with Crippen LogP contribution in [0.1, 0.15) is 25.6 Å². The Bertz CT molecular complexity index is 606. The summed E-state index contributed by atoms with van der Waals surface area (Å²) in [7, 11) is 1.58. The van der Waals surface area contributed by atoms with Crippen LogP contribution in [0, 0.1) is 16.0 Å². The molecule has 0 bridgehead atoms. The van der Waals surface area contributed by atoms with Crippen molar-refractivity contribution in [3.05, 3.63) is 32.4 Å². The minimum absolute atomic E-state index is 0.0893. The van der Waals surface area contributed by atoms with Crippen molar-refractivity contribution in [3.8, 4) is 0 Å². The van der Waals surface area contributed by atoms with Gasteiger partial charge in [-0.1, -0.05) is 12.0 Å². The Hall–Kier alpha value is -2.16. The van der Waals surface area contributed by atoms with Crippen LogP contribution in [0.15, 0.2) is 11.3 Å². The lowest BCUT2D eigenvalue weighted by atomic mass is 9.80. The van der Waals surface area contributed by atoms with Crippen LogP contribution in [0.3, 0.4) is 0 Å². The van der Waals surface area contributed by atoms with Crippen LogP contribution in [-0.2, 0) is 11.8 Å². The van der Waals surface area contributed by atoms with Crippen LogP contribution in [0.25, 0.3) is 10.4 Å². The fourth-order valence-corrected chi connectivity index (χ4v) is 2.75. The zero-order valence-corrected chi connectivity index (χ0v) is 11.9. The van der Waals surface area contributed by atoms with E-state index in [2.05, 4.69) is 15.1 Å². The summed E-state index contributed by atoms with van der Waals surface area (Å²) in [6.45, 7) is 3.14. The molecule has 1 fully saturated rings. The molecule has 1 aromatic heterocycles. The number of aromatic nitrogens is 2. The second-order valence-electron chi connectivity index (χ2n) is 5.39. The van der Waals surface area contributed by atoms with Gasteiger partial charge in [0.05, 0.1) is 23.2 Å². The number of hydrogen-bond acceptors (Lipinski definition) is 6. The van der Waals surface area contributed by atoms with Gasteiger partial charge in [-0.05, 0) is 18.4 Å². The van der Waals surface area contributed by atoms with Gasteiger partial charge in [-0.15, -0.1) is 0 Å². The number of nitrogens with zero attached hydrogens (tertiary/aromatic N) is 6. The second-order valence-corrected chi connectivity index (χ2v) is 5.39. The lowest BCUT2D eigenvalue weighted by Crippen LogP contribution is -2.52. The summed E-state index contributed by atoms with van der Waals surface area (Å²) in [4.78, 5) is 13.3. The summed E-state index contributed by atoms with van der Waals surface area (Å²) < 4.78 is 6.97. The molecular weight excluding hydrogens is 280 g/mol. The van der Waals surface area contributed by atoms with Gasteiger partial charge in [0.25, 0.3) is 0 Å². The first-order chi connectivity index (χ1) is 9.79. The first-order valence-electron chi connectivity index (χ1n) is 6.34.